The molecule has 2 aliphatic heterocycles. The minimum Gasteiger partial charge on any atom is -0.379 e. The summed E-state index contributed by atoms with van der Waals surface area (Å²) < 4.78 is 7.40. The normalized spacial score (nSPS) is 19.6. The van der Waals surface area contributed by atoms with E-state index >= 15 is 0 Å². The fourth-order valence-electron chi connectivity index (χ4n) is 3.42. The topological polar surface area (TPSA) is 99.9 Å². The van der Waals surface area contributed by atoms with Crippen molar-refractivity contribution in [3.8, 4) is 0 Å². The zero-order valence-electron chi connectivity index (χ0n) is 18.3. The van der Waals surface area contributed by atoms with E-state index in [9.17, 15) is 4.79 Å². The summed E-state index contributed by atoms with van der Waals surface area (Å²) in [6, 6.07) is 0.206. The first-order valence-electron chi connectivity index (χ1n) is 10.5. The molecule has 30 heavy (non-hydrogen) atoms. The average Bonchev–Trinajstić information content (AvgIpc) is 3.14. The van der Waals surface area contributed by atoms with Crippen LogP contribution in [-0.2, 0) is 28.9 Å². The molecule has 10 nitrogen and oxygen atoms in total. The quantitative estimate of drug-likeness (QED) is 0.282. The largest absolute Gasteiger partial charge is 0.379 e. The Kier molecular flexibility index (Phi) is 10.2. The van der Waals surface area contributed by atoms with Crippen LogP contribution >= 0.6 is 24.0 Å². The van der Waals surface area contributed by atoms with E-state index in [-0.39, 0.29) is 42.5 Å². The van der Waals surface area contributed by atoms with E-state index in [2.05, 4.69) is 37.5 Å². The maximum atomic E-state index is 12.0. The molecule has 11 heteroatoms. The first-order valence-corrected chi connectivity index (χ1v) is 10.5. The van der Waals surface area contributed by atoms with Crippen molar-refractivity contribution in [1.29, 1.82) is 0 Å². The summed E-state index contributed by atoms with van der Waals surface area (Å²) in [7, 11) is 3.49. The van der Waals surface area contributed by atoms with E-state index in [1.54, 1.807) is 19.0 Å². The van der Waals surface area contributed by atoms with Crippen LogP contribution in [0.15, 0.2) is 4.99 Å². The number of fused-ring (bicyclic) bond motifs is 1. The summed E-state index contributed by atoms with van der Waals surface area (Å²) in [5.41, 5.74) is 0. The molecule has 1 atom stereocenters. The first-order chi connectivity index (χ1) is 14.0. The van der Waals surface area contributed by atoms with Crippen molar-refractivity contribution >= 4 is 35.8 Å². The molecule has 3 heterocycles. The third-order valence-corrected chi connectivity index (χ3v) is 5.25. The second-order valence-corrected chi connectivity index (χ2v) is 7.69. The van der Waals surface area contributed by atoms with Crippen LogP contribution in [-0.4, -0.2) is 103 Å². The molecule has 0 radical (unpaired) electrons. The Balaban J connectivity index is 0.00000320. The molecule has 0 bridgehead atoms. The zero-order valence-corrected chi connectivity index (χ0v) is 20.6. The van der Waals surface area contributed by atoms with Crippen molar-refractivity contribution in [2.24, 2.45) is 4.99 Å². The SMILES string of the molecule is CCc1nc2n(n1)CC(NC(=NCC(=O)N(C)C)NCCN1CCOCC1)CC2.I. The Morgan fingerprint density at radius 3 is 2.80 bits per heavy atom. The molecule has 0 aliphatic carbocycles. The lowest BCUT2D eigenvalue weighted by Crippen LogP contribution is -2.49. The number of aryl methyl sites for hydroxylation is 2. The number of nitrogens with zero attached hydrogens (tertiary/aromatic N) is 6. The number of hydrogen-bond donors (Lipinski definition) is 2. The first kappa shape index (κ1) is 24.8. The van der Waals surface area contributed by atoms with E-state index < -0.39 is 0 Å². The highest BCUT2D eigenvalue weighted by molar-refractivity contribution is 14.0. The second kappa shape index (κ2) is 12.4. The van der Waals surface area contributed by atoms with Gasteiger partial charge in [0, 0.05) is 59.2 Å². The number of morpholine rings is 1. The van der Waals surface area contributed by atoms with Gasteiger partial charge >= 0.3 is 0 Å². The molecule has 0 aromatic carbocycles. The fraction of sp³-hybridized carbons (Fsp3) is 0.789. The van der Waals surface area contributed by atoms with Gasteiger partial charge in [-0.1, -0.05) is 6.92 Å². The van der Waals surface area contributed by atoms with E-state index in [1.165, 1.54) is 0 Å². The van der Waals surface area contributed by atoms with E-state index in [1.807, 2.05) is 4.68 Å². The molecule has 1 fully saturated rings. The number of nitrogens with one attached hydrogen (secondary N) is 2. The van der Waals surface area contributed by atoms with Crippen molar-refractivity contribution in [3.63, 3.8) is 0 Å². The van der Waals surface area contributed by atoms with Gasteiger partial charge in [-0.15, -0.1) is 24.0 Å². The van der Waals surface area contributed by atoms with Crippen molar-refractivity contribution in [2.75, 3.05) is 60.0 Å². The lowest BCUT2D eigenvalue weighted by atomic mass is 10.1. The lowest BCUT2D eigenvalue weighted by Gasteiger charge is -2.28. The number of amides is 1. The zero-order chi connectivity index (χ0) is 20.6. The minimum absolute atomic E-state index is 0. The maximum Gasteiger partial charge on any atom is 0.243 e. The number of carbonyl (C=O) groups is 1. The molecule has 0 saturated carbocycles. The molecule has 170 valence electrons. The summed E-state index contributed by atoms with van der Waals surface area (Å²) >= 11 is 0. The standard InChI is InChI=1S/C19H34N8O2.HI/c1-4-16-23-17-6-5-15(14-27(17)24-16)22-19(21-13-18(28)25(2)3)20-7-8-26-9-11-29-12-10-26;/h15H,4-14H2,1-3H3,(H2,20,21,22);1H. The van der Waals surface area contributed by atoms with Crippen molar-refractivity contribution < 1.29 is 9.53 Å². The number of hydrogen-bond acceptors (Lipinski definition) is 6. The van der Waals surface area contributed by atoms with Crippen LogP contribution in [0.1, 0.15) is 25.0 Å². The van der Waals surface area contributed by atoms with Crippen LogP contribution in [0.5, 0.6) is 0 Å². The number of rotatable bonds is 7. The van der Waals surface area contributed by atoms with Crippen molar-refractivity contribution in [3.05, 3.63) is 11.6 Å². The minimum atomic E-state index is -0.0194. The number of likely N-dealkylation sites (N-methyl/N-ethyl adjacent to an activating group) is 1. The van der Waals surface area contributed by atoms with Gasteiger partial charge in [0.15, 0.2) is 11.8 Å². The average molecular weight is 534 g/mol. The summed E-state index contributed by atoms with van der Waals surface area (Å²) in [5.74, 6) is 2.61. The smallest absolute Gasteiger partial charge is 0.243 e. The number of ether oxygens (including phenoxy) is 1. The Morgan fingerprint density at radius 2 is 2.10 bits per heavy atom. The Hall–Kier alpha value is -1.47. The molecule has 1 unspecified atom stereocenters. The van der Waals surface area contributed by atoms with Crippen molar-refractivity contribution in [1.82, 2.24) is 35.2 Å². The van der Waals surface area contributed by atoms with Gasteiger partial charge in [-0.3, -0.25) is 9.69 Å². The maximum absolute atomic E-state index is 12.0. The highest BCUT2D eigenvalue weighted by atomic mass is 127. The predicted octanol–water partition coefficient (Wildman–Crippen LogP) is -0.271. The van der Waals surface area contributed by atoms with E-state index in [0.717, 1.165) is 76.8 Å². The van der Waals surface area contributed by atoms with Gasteiger partial charge in [0.25, 0.3) is 0 Å². The molecular formula is C19H35IN8O2. The molecule has 2 N–H and O–H groups in total. The highest BCUT2D eigenvalue weighted by Gasteiger charge is 2.22. The molecule has 0 spiro atoms. The Labute approximate surface area is 195 Å². The monoisotopic (exact) mass is 534 g/mol. The number of halogens is 1. The lowest BCUT2D eigenvalue weighted by molar-refractivity contribution is -0.127. The summed E-state index contributed by atoms with van der Waals surface area (Å²) in [4.78, 5) is 25.0. The molecule has 1 aromatic rings. The molecule has 1 amide bonds. The summed E-state index contributed by atoms with van der Waals surface area (Å²) in [6.45, 7) is 8.14. The van der Waals surface area contributed by atoms with Gasteiger partial charge in [-0.25, -0.2) is 14.7 Å². The molecular weight excluding hydrogens is 499 g/mol. The molecule has 3 rings (SSSR count). The van der Waals surface area contributed by atoms with E-state index in [0.29, 0.717) is 5.96 Å². The third-order valence-electron chi connectivity index (χ3n) is 5.25. The van der Waals surface area contributed by atoms with Gasteiger partial charge in [-0.05, 0) is 6.42 Å². The van der Waals surface area contributed by atoms with Crippen LogP contribution in [0.2, 0.25) is 0 Å². The summed E-state index contributed by atoms with van der Waals surface area (Å²) in [5, 5.41) is 11.5. The highest BCUT2D eigenvalue weighted by Crippen LogP contribution is 2.13. The third kappa shape index (κ3) is 7.34. The van der Waals surface area contributed by atoms with Gasteiger partial charge in [-0.2, -0.15) is 5.10 Å². The predicted molar refractivity (Wildman–Crippen MR) is 126 cm³/mol. The Morgan fingerprint density at radius 1 is 1.33 bits per heavy atom. The molecule has 1 saturated heterocycles. The van der Waals surface area contributed by atoms with Gasteiger partial charge in [0.2, 0.25) is 5.91 Å². The molecule has 2 aliphatic rings. The second-order valence-electron chi connectivity index (χ2n) is 7.69. The number of aliphatic imine (C=N–C) groups is 1. The summed E-state index contributed by atoms with van der Waals surface area (Å²) in [6.07, 6.45) is 2.70. The van der Waals surface area contributed by atoms with Gasteiger partial charge in [0.05, 0.1) is 19.8 Å². The van der Waals surface area contributed by atoms with Crippen LogP contribution < -0.4 is 10.6 Å². The van der Waals surface area contributed by atoms with Crippen LogP contribution in [0.4, 0.5) is 0 Å². The fourth-order valence-corrected chi connectivity index (χ4v) is 3.42. The van der Waals surface area contributed by atoms with E-state index in [4.69, 9.17) is 4.74 Å². The molecule has 1 aromatic heterocycles. The number of guanidine groups is 1. The van der Waals surface area contributed by atoms with Gasteiger partial charge in [0.1, 0.15) is 12.4 Å². The van der Waals surface area contributed by atoms with Crippen LogP contribution in [0, 0.1) is 0 Å². The van der Waals surface area contributed by atoms with Crippen LogP contribution in [0.25, 0.3) is 0 Å². The van der Waals surface area contributed by atoms with Crippen LogP contribution in [0.3, 0.4) is 0 Å². The number of carbonyl (C=O) groups excluding carboxylic acids is 1. The Bertz CT molecular complexity index is 703. The van der Waals surface area contributed by atoms with Crippen molar-refractivity contribution in [2.45, 2.75) is 38.8 Å². The number of aromatic nitrogens is 3. The van der Waals surface area contributed by atoms with Gasteiger partial charge < -0.3 is 20.3 Å².